The van der Waals surface area contributed by atoms with Crippen LogP contribution in [0.4, 0.5) is 0 Å². The Bertz CT molecular complexity index is 134. The van der Waals surface area contributed by atoms with Gasteiger partial charge in [0.25, 0.3) is 0 Å². The number of hydrogen-bond acceptors (Lipinski definition) is 2. The van der Waals surface area contributed by atoms with Gasteiger partial charge in [0.1, 0.15) is 0 Å². The first-order chi connectivity index (χ1) is 6.18. The number of hydrogen-bond donors (Lipinski definition) is 2. The Labute approximate surface area is 81.7 Å². The van der Waals surface area contributed by atoms with Crippen LogP contribution in [0.2, 0.25) is 0 Å². The van der Waals surface area contributed by atoms with Crippen molar-refractivity contribution in [2.75, 3.05) is 6.61 Å². The van der Waals surface area contributed by atoms with Crippen LogP contribution in [0.25, 0.3) is 0 Å². The minimum atomic E-state index is 0.251. The lowest BCUT2D eigenvalue weighted by molar-refractivity contribution is 0.156. The van der Waals surface area contributed by atoms with Crippen molar-refractivity contribution in [3.05, 3.63) is 0 Å². The number of aliphatic hydroxyl groups is 1. The number of nitrogens with one attached hydrogen (secondary N) is 1. The van der Waals surface area contributed by atoms with Crippen LogP contribution in [0.5, 0.6) is 0 Å². The summed E-state index contributed by atoms with van der Waals surface area (Å²) in [5.74, 6) is 0. The van der Waals surface area contributed by atoms with Gasteiger partial charge in [-0.15, -0.1) is 0 Å². The molecule has 0 aliphatic heterocycles. The monoisotopic (exact) mass is 185 g/mol. The quantitative estimate of drug-likeness (QED) is 0.702. The molecule has 0 heterocycles. The van der Waals surface area contributed by atoms with E-state index in [4.69, 9.17) is 5.11 Å². The van der Waals surface area contributed by atoms with Crippen molar-refractivity contribution in [2.24, 2.45) is 0 Å². The molecule has 13 heavy (non-hydrogen) atoms. The summed E-state index contributed by atoms with van der Waals surface area (Å²) in [5.41, 5.74) is 0.251. The third-order valence-corrected chi connectivity index (χ3v) is 3.00. The average Bonchev–Trinajstić information content (AvgIpc) is 2.04. The van der Waals surface area contributed by atoms with E-state index in [1.165, 1.54) is 32.1 Å². The van der Waals surface area contributed by atoms with Gasteiger partial charge in [-0.25, -0.2) is 0 Å². The first kappa shape index (κ1) is 11.0. The predicted octanol–water partition coefficient (Wildman–Crippen LogP) is 2.07. The fraction of sp³-hybridized carbons (Fsp3) is 1.00. The summed E-state index contributed by atoms with van der Waals surface area (Å²) in [6.45, 7) is 4.70. The van der Waals surface area contributed by atoms with Gasteiger partial charge in [0.05, 0.1) is 0 Å². The molecule has 1 saturated carbocycles. The van der Waals surface area contributed by atoms with Crippen LogP contribution in [0.1, 0.15) is 52.4 Å². The summed E-state index contributed by atoms with van der Waals surface area (Å²) in [4.78, 5) is 0. The summed E-state index contributed by atoms with van der Waals surface area (Å²) >= 11 is 0. The molecule has 2 N–H and O–H groups in total. The maximum atomic E-state index is 9.06. The summed E-state index contributed by atoms with van der Waals surface area (Å²) in [7, 11) is 0. The van der Waals surface area contributed by atoms with E-state index in [9.17, 15) is 0 Å². The Morgan fingerprint density at radius 3 is 2.31 bits per heavy atom. The van der Waals surface area contributed by atoms with E-state index in [0.29, 0.717) is 12.6 Å². The van der Waals surface area contributed by atoms with Gasteiger partial charge >= 0.3 is 0 Å². The van der Waals surface area contributed by atoms with E-state index in [0.717, 1.165) is 6.42 Å². The SMILES string of the molecule is CC(C)NC1(CCO)CCCCC1. The van der Waals surface area contributed by atoms with Gasteiger partial charge in [-0.1, -0.05) is 33.1 Å². The second kappa shape index (κ2) is 4.97. The Balaban J connectivity index is 2.50. The summed E-state index contributed by atoms with van der Waals surface area (Å²) < 4.78 is 0. The Morgan fingerprint density at radius 1 is 1.23 bits per heavy atom. The van der Waals surface area contributed by atoms with Crippen molar-refractivity contribution in [2.45, 2.75) is 64.0 Å². The lowest BCUT2D eigenvalue weighted by Crippen LogP contribution is -2.50. The van der Waals surface area contributed by atoms with Crippen LogP contribution in [0, 0.1) is 0 Å². The highest BCUT2D eigenvalue weighted by Gasteiger charge is 2.31. The molecule has 0 spiro atoms. The minimum Gasteiger partial charge on any atom is -0.396 e. The van der Waals surface area contributed by atoms with Crippen LogP contribution < -0.4 is 5.32 Å². The topological polar surface area (TPSA) is 32.3 Å². The van der Waals surface area contributed by atoms with Crippen molar-refractivity contribution in [3.8, 4) is 0 Å². The Morgan fingerprint density at radius 2 is 1.85 bits per heavy atom. The lowest BCUT2D eigenvalue weighted by Gasteiger charge is -2.39. The van der Waals surface area contributed by atoms with Gasteiger partial charge in [0.15, 0.2) is 0 Å². The fourth-order valence-electron chi connectivity index (χ4n) is 2.52. The molecule has 0 radical (unpaired) electrons. The predicted molar refractivity (Wildman–Crippen MR) is 55.8 cm³/mol. The summed E-state index contributed by atoms with van der Waals surface area (Å²) in [6, 6.07) is 0.532. The molecule has 1 fully saturated rings. The van der Waals surface area contributed by atoms with Crippen molar-refractivity contribution >= 4 is 0 Å². The second-order valence-electron chi connectivity index (χ2n) is 4.61. The Hall–Kier alpha value is -0.0800. The van der Waals surface area contributed by atoms with Crippen LogP contribution in [-0.2, 0) is 0 Å². The summed E-state index contributed by atoms with van der Waals surface area (Å²) in [5, 5.41) is 12.7. The molecule has 0 aromatic carbocycles. The van der Waals surface area contributed by atoms with Gasteiger partial charge < -0.3 is 10.4 Å². The van der Waals surface area contributed by atoms with Crippen molar-refractivity contribution in [3.63, 3.8) is 0 Å². The molecule has 2 nitrogen and oxygen atoms in total. The summed E-state index contributed by atoms with van der Waals surface area (Å²) in [6.07, 6.45) is 7.41. The maximum absolute atomic E-state index is 9.06. The zero-order chi connectivity index (χ0) is 9.73. The van der Waals surface area contributed by atoms with Crippen LogP contribution >= 0.6 is 0 Å². The highest BCUT2D eigenvalue weighted by Crippen LogP contribution is 2.31. The highest BCUT2D eigenvalue weighted by molar-refractivity contribution is 4.91. The van der Waals surface area contributed by atoms with Gasteiger partial charge in [0, 0.05) is 18.2 Å². The molecule has 1 aliphatic rings. The van der Waals surface area contributed by atoms with E-state index in [-0.39, 0.29) is 5.54 Å². The zero-order valence-corrected chi connectivity index (χ0v) is 8.97. The van der Waals surface area contributed by atoms with E-state index < -0.39 is 0 Å². The molecule has 0 unspecified atom stereocenters. The zero-order valence-electron chi connectivity index (χ0n) is 8.97. The maximum Gasteiger partial charge on any atom is 0.0448 e. The third kappa shape index (κ3) is 3.28. The van der Waals surface area contributed by atoms with Gasteiger partial charge in [-0.3, -0.25) is 0 Å². The Kier molecular flexibility index (Phi) is 4.20. The van der Waals surface area contributed by atoms with Crippen molar-refractivity contribution < 1.29 is 5.11 Å². The minimum absolute atomic E-state index is 0.251. The average molecular weight is 185 g/mol. The molecular formula is C11H23NO. The van der Waals surface area contributed by atoms with Crippen LogP contribution in [0.3, 0.4) is 0 Å². The molecule has 78 valence electrons. The number of aliphatic hydroxyl groups excluding tert-OH is 1. The molecule has 0 atom stereocenters. The largest absolute Gasteiger partial charge is 0.396 e. The molecule has 0 aromatic heterocycles. The third-order valence-electron chi connectivity index (χ3n) is 3.00. The molecule has 0 bridgehead atoms. The molecule has 0 amide bonds. The lowest BCUT2D eigenvalue weighted by atomic mass is 9.79. The van der Waals surface area contributed by atoms with Crippen molar-refractivity contribution in [1.82, 2.24) is 5.32 Å². The van der Waals surface area contributed by atoms with E-state index in [1.54, 1.807) is 0 Å². The van der Waals surface area contributed by atoms with Crippen molar-refractivity contribution in [1.29, 1.82) is 0 Å². The van der Waals surface area contributed by atoms with E-state index >= 15 is 0 Å². The molecule has 0 saturated heterocycles. The number of rotatable bonds is 4. The van der Waals surface area contributed by atoms with E-state index in [1.807, 2.05) is 0 Å². The fourth-order valence-corrected chi connectivity index (χ4v) is 2.52. The van der Waals surface area contributed by atoms with Gasteiger partial charge in [-0.2, -0.15) is 0 Å². The molecule has 1 rings (SSSR count). The smallest absolute Gasteiger partial charge is 0.0448 e. The van der Waals surface area contributed by atoms with Gasteiger partial charge in [-0.05, 0) is 19.3 Å². The highest BCUT2D eigenvalue weighted by atomic mass is 16.3. The molecule has 0 aromatic rings. The van der Waals surface area contributed by atoms with Crippen LogP contribution in [0.15, 0.2) is 0 Å². The van der Waals surface area contributed by atoms with Crippen LogP contribution in [-0.4, -0.2) is 23.3 Å². The van der Waals surface area contributed by atoms with Gasteiger partial charge in [0.2, 0.25) is 0 Å². The first-order valence-corrected chi connectivity index (χ1v) is 5.57. The standard InChI is InChI=1S/C11H23NO/c1-10(2)12-11(8-9-13)6-4-3-5-7-11/h10,12-13H,3-9H2,1-2H3. The molecule has 2 heteroatoms. The molecule has 1 aliphatic carbocycles. The first-order valence-electron chi connectivity index (χ1n) is 5.57. The normalized spacial score (nSPS) is 22.2. The van der Waals surface area contributed by atoms with E-state index in [2.05, 4.69) is 19.2 Å². The molecular weight excluding hydrogens is 162 g/mol. The second-order valence-corrected chi connectivity index (χ2v) is 4.61.